The number of aromatic nitrogens is 1. The number of halogens is 2. The van der Waals surface area contributed by atoms with E-state index in [4.69, 9.17) is 28.6 Å². The van der Waals surface area contributed by atoms with Gasteiger partial charge in [0, 0.05) is 50.9 Å². The van der Waals surface area contributed by atoms with Gasteiger partial charge in [0.25, 0.3) is 0 Å². The van der Waals surface area contributed by atoms with E-state index in [0.29, 0.717) is 15.9 Å². The normalized spacial score (nSPS) is 14.5. The summed E-state index contributed by atoms with van der Waals surface area (Å²) in [4.78, 5) is 5.54. The number of rotatable bonds is 2. The smallest absolute Gasteiger partial charge is 0.128 e. The fraction of sp³-hybridized carbons (Fsp3) is 0.211. The molecule has 2 N–H and O–H groups in total. The van der Waals surface area contributed by atoms with Crippen molar-refractivity contribution < 1.29 is 0 Å². The first kappa shape index (κ1) is 15.6. The van der Waals surface area contributed by atoms with Crippen LogP contribution in [-0.4, -0.2) is 28.8 Å². The number of hydrogen-bond acceptors (Lipinski definition) is 1. The topological polar surface area (TPSA) is 42.9 Å². The van der Waals surface area contributed by atoms with Gasteiger partial charge < -0.3 is 9.88 Å². The molecular formula is C19H17Cl2N3. The molecule has 1 aliphatic rings. The molecule has 0 unspecified atom stereocenters. The van der Waals surface area contributed by atoms with E-state index in [1.807, 2.05) is 24.3 Å². The lowest BCUT2D eigenvalue weighted by atomic mass is 10.1. The number of aromatic amines is 1. The number of benzene rings is 2. The minimum Gasteiger partial charge on any atom is -0.357 e. The van der Waals surface area contributed by atoms with Crippen LogP contribution in [0.3, 0.4) is 0 Å². The monoisotopic (exact) mass is 357 g/mol. The Bertz CT molecular complexity index is 903. The lowest BCUT2D eigenvalue weighted by molar-refractivity contribution is 0.517. The van der Waals surface area contributed by atoms with E-state index in [0.717, 1.165) is 40.8 Å². The summed E-state index contributed by atoms with van der Waals surface area (Å²) in [5.74, 6) is 0.614. The Morgan fingerprint density at radius 2 is 1.67 bits per heavy atom. The summed E-state index contributed by atoms with van der Waals surface area (Å²) in [7, 11) is 0. The standard InChI is InChI=1S/C19H17Cl2N3/c20-15-8-14(9-16(21)11-15)18-10-13-7-12(3-4-17(13)23-18)19(22)24-5-1-2-6-24/h3-4,7-11,22-23H,1-2,5-6H2. The second-order valence-corrected chi connectivity index (χ2v) is 7.06. The van der Waals surface area contributed by atoms with E-state index in [2.05, 4.69) is 22.0 Å². The summed E-state index contributed by atoms with van der Waals surface area (Å²) in [5, 5.41) is 10.7. The minimum absolute atomic E-state index is 0.614. The van der Waals surface area contributed by atoms with Gasteiger partial charge in [-0.15, -0.1) is 0 Å². The van der Waals surface area contributed by atoms with Crippen molar-refractivity contribution >= 4 is 39.9 Å². The third-order valence-corrected chi connectivity index (χ3v) is 4.93. The maximum Gasteiger partial charge on any atom is 0.128 e. The van der Waals surface area contributed by atoms with Gasteiger partial charge in [-0.3, -0.25) is 5.41 Å². The Morgan fingerprint density at radius 3 is 2.38 bits per heavy atom. The predicted molar refractivity (Wildman–Crippen MR) is 101 cm³/mol. The van der Waals surface area contributed by atoms with Crippen molar-refractivity contribution in [3.63, 3.8) is 0 Å². The summed E-state index contributed by atoms with van der Waals surface area (Å²) in [6.45, 7) is 1.96. The Kier molecular flexibility index (Phi) is 3.99. The van der Waals surface area contributed by atoms with Crippen molar-refractivity contribution in [2.24, 2.45) is 0 Å². The first-order valence-corrected chi connectivity index (χ1v) is 8.79. The first-order valence-electron chi connectivity index (χ1n) is 8.03. The van der Waals surface area contributed by atoms with Crippen LogP contribution in [0.1, 0.15) is 18.4 Å². The van der Waals surface area contributed by atoms with Gasteiger partial charge in [-0.25, -0.2) is 0 Å². The van der Waals surface area contributed by atoms with Gasteiger partial charge in [0.15, 0.2) is 0 Å². The first-order chi connectivity index (χ1) is 11.6. The number of amidine groups is 1. The van der Waals surface area contributed by atoms with E-state index >= 15 is 0 Å². The highest BCUT2D eigenvalue weighted by atomic mass is 35.5. The molecule has 2 heterocycles. The Balaban J connectivity index is 1.71. The van der Waals surface area contributed by atoms with Crippen LogP contribution in [0.2, 0.25) is 10.0 Å². The fourth-order valence-corrected chi connectivity index (χ4v) is 3.79. The van der Waals surface area contributed by atoms with E-state index < -0.39 is 0 Å². The van der Waals surface area contributed by atoms with Gasteiger partial charge in [-0.05, 0) is 55.3 Å². The quantitative estimate of drug-likeness (QED) is 0.457. The SMILES string of the molecule is N=C(c1ccc2[nH]c(-c3cc(Cl)cc(Cl)c3)cc2c1)N1CCCC1. The number of hydrogen-bond donors (Lipinski definition) is 2. The molecule has 1 saturated heterocycles. The van der Waals surface area contributed by atoms with Crippen LogP contribution in [0.15, 0.2) is 42.5 Å². The number of nitrogens with one attached hydrogen (secondary N) is 2. The third-order valence-electron chi connectivity index (χ3n) is 4.49. The number of nitrogens with zero attached hydrogens (tertiary/aromatic N) is 1. The van der Waals surface area contributed by atoms with Gasteiger partial charge in [0.2, 0.25) is 0 Å². The molecule has 3 aromatic rings. The zero-order chi connectivity index (χ0) is 16.7. The summed E-state index contributed by atoms with van der Waals surface area (Å²) in [5.41, 5.74) is 3.93. The van der Waals surface area contributed by atoms with Crippen molar-refractivity contribution in [3.05, 3.63) is 58.1 Å². The maximum atomic E-state index is 8.41. The molecule has 0 atom stereocenters. The Labute approximate surface area is 150 Å². The molecule has 0 radical (unpaired) electrons. The highest BCUT2D eigenvalue weighted by molar-refractivity contribution is 6.35. The average Bonchev–Trinajstić information content (AvgIpc) is 3.22. The van der Waals surface area contributed by atoms with Gasteiger partial charge in [-0.1, -0.05) is 23.2 Å². The highest BCUT2D eigenvalue weighted by Gasteiger charge is 2.17. The van der Waals surface area contributed by atoms with Gasteiger partial charge in [-0.2, -0.15) is 0 Å². The number of H-pyrrole nitrogens is 1. The zero-order valence-electron chi connectivity index (χ0n) is 13.1. The molecule has 0 spiro atoms. The van der Waals surface area contributed by atoms with Crippen LogP contribution >= 0.6 is 23.2 Å². The molecule has 0 bridgehead atoms. The molecule has 1 aromatic heterocycles. The molecule has 24 heavy (non-hydrogen) atoms. The molecule has 1 fully saturated rings. The van der Waals surface area contributed by atoms with Crippen LogP contribution in [-0.2, 0) is 0 Å². The van der Waals surface area contributed by atoms with E-state index in [1.54, 1.807) is 6.07 Å². The molecule has 3 nitrogen and oxygen atoms in total. The zero-order valence-corrected chi connectivity index (χ0v) is 14.6. The van der Waals surface area contributed by atoms with Crippen molar-refractivity contribution in [2.75, 3.05) is 13.1 Å². The van der Waals surface area contributed by atoms with Crippen molar-refractivity contribution in [2.45, 2.75) is 12.8 Å². The van der Waals surface area contributed by atoms with Crippen LogP contribution < -0.4 is 0 Å². The molecule has 1 aliphatic heterocycles. The number of fused-ring (bicyclic) bond motifs is 1. The van der Waals surface area contributed by atoms with E-state index in [1.165, 1.54) is 12.8 Å². The fourth-order valence-electron chi connectivity index (χ4n) is 3.27. The summed E-state index contributed by atoms with van der Waals surface area (Å²) in [6.07, 6.45) is 2.35. The van der Waals surface area contributed by atoms with E-state index in [-0.39, 0.29) is 0 Å². The minimum atomic E-state index is 0.614. The van der Waals surface area contributed by atoms with Gasteiger partial charge in [0.05, 0.1) is 0 Å². The van der Waals surface area contributed by atoms with Gasteiger partial charge in [0.1, 0.15) is 5.84 Å². The summed E-state index contributed by atoms with van der Waals surface area (Å²) in [6, 6.07) is 13.7. The number of likely N-dealkylation sites (tertiary alicyclic amines) is 1. The molecule has 4 rings (SSSR count). The predicted octanol–water partition coefficient (Wildman–Crippen LogP) is 5.56. The molecule has 122 valence electrons. The Hall–Kier alpha value is -1.97. The second kappa shape index (κ2) is 6.15. The second-order valence-electron chi connectivity index (χ2n) is 6.19. The van der Waals surface area contributed by atoms with Crippen LogP contribution in [0.25, 0.3) is 22.2 Å². The Morgan fingerprint density at radius 1 is 0.958 bits per heavy atom. The summed E-state index contributed by atoms with van der Waals surface area (Å²) < 4.78 is 0. The third kappa shape index (κ3) is 2.90. The lowest BCUT2D eigenvalue weighted by Gasteiger charge is -2.18. The van der Waals surface area contributed by atoms with Crippen LogP contribution in [0.4, 0.5) is 0 Å². The van der Waals surface area contributed by atoms with Crippen molar-refractivity contribution in [1.82, 2.24) is 9.88 Å². The van der Waals surface area contributed by atoms with Crippen molar-refractivity contribution in [3.8, 4) is 11.3 Å². The van der Waals surface area contributed by atoms with Crippen LogP contribution in [0, 0.1) is 5.41 Å². The molecule has 2 aromatic carbocycles. The van der Waals surface area contributed by atoms with Gasteiger partial charge >= 0.3 is 0 Å². The molecule has 0 saturated carbocycles. The van der Waals surface area contributed by atoms with Crippen molar-refractivity contribution in [1.29, 1.82) is 5.41 Å². The van der Waals surface area contributed by atoms with E-state index in [9.17, 15) is 0 Å². The summed E-state index contributed by atoms with van der Waals surface area (Å²) >= 11 is 12.2. The molecule has 0 amide bonds. The largest absolute Gasteiger partial charge is 0.357 e. The lowest BCUT2D eigenvalue weighted by Crippen LogP contribution is -2.27. The molecule has 0 aliphatic carbocycles. The highest BCUT2D eigenvalue weighted by Crippen LogP contribution is 2.30. The maximum absolute atomic E-state index is 8.41. The average molecular weight is 358 g/mol. The van der Waals surface area contributed by atoms with Crippen LogP contribution in [0.5, 0.6) is 0 Å². The molecular weight excluding hydrogens is 341 g/mol. The molecule has 5 heteroatoms.